The number of nitrogens with zero attached hydrogens (tertiary/aromatic N) is 2. The van der Waals surface area contributed by atoms with Crippen molar-refractivity contribution in [3.05, 3.63) is 56.1 Å². The van der Waals surface area contributed by atoms with Crippen molar-refractivity contribution in [2.75, 3.05) is 0 Å². The number of rotatable bonds is 4. The Kier molecular flexibility index (Phi) is 4.54. The zero-order valence-electron chi connectivity index (χ0n) is 17.5. The van der Waals surface area contributed by atoms with Crippen LogP contribution in [0, 0.1) is 24.7 Å². The predicted molar refractivity (Wildman–Crippen MR) is 124 cm³/mol. The highest BCUT2D eigenvalue weighted by Gasteiger charge is 2.50. The maximum atomic E-state index is 12.9. The Balaban J connectivity index is 1.35. The smallest absolute Gasteiger partial charge is 0.272 e. The summed E-state index contributed by atoms with van der Waals surface area (Å²) in [5.74, 6) is 2.64. The second-order valence-electron chi connectivity index (χ2n) is 10.0. The molecule has 0 aliphatic heterocycles. The summed E-state index contributed by atoms with van der Waals surface area (Å²) in [5.41, 5.74) is 4.03. The summed E-state index contributed by atoms with van der Waals surface area (Å²) in [6.07, 6.45) is 8.07. The summed E-state index contributed by atoms with van der Waals surface area (Å²) >= 11 is 12.6. The largest absolute Gasteiger partial charge is 0.306 e. The second kappa shape index (κ2) is 7.09. The van der Waals surface area contributed by atoms with Gasteiger partial charge in [-0.2, -0.15) is 0 Å². The molecule has 31 heavy (non-hydrogen) atoms. The molecular weight excluding hydrogens is 431 g/mol. The molecule has 0 saturated heterocycles. The molecule has 0 atom stereocenters. The summed E-state index contributed by atoms with van der Waals surface area (Å²) in [6.45, 7) is 2.55. The van der Waals surface area contributed by atoms with E-state index in [1.165, 1.54) is 43.0 Å². The lowest BCUT2D eigenvalue weighted by molar-refractivity contribution is -0.0207. The van der Waals surface area contributed by atoms with Crippen LogP contribution in [0.1, 0.15) is 49.9 Å². The van der Waals surface area contributed by atoms with E-state index in [9.17, 15) is 4.79 Å². The normalized spacial score (nSPS) is 29.2. The molecule has 4 bridgehead atoms. The van der Waals surface area contributed by atoms with Crippen LogP contribution in [0.4, 0.5) is 0 Å². The van der Waals surface area contributed by atoms with Gasteiger partial charge in [-0.05, 0) is 75.3 Å². The van der Waals surface area contributed by atoms with E-state index in [-0.39, 0.29) is 11.1 Å². The number of benzene rings is 1. The van der Waals surface area contributed by atoms with E-state index >= 15 is 0 Å². The third kappa shape index (κ3) is 3.33. The van der Waals surface area contributed by atoms with Crippen molar-refractivity contribution >= 4 is 28.8 Å². The van der Waals surface area contributed by atoms with Crippen LogP contribution in [0.5, 0.6) is 0 Å². The van der Waals surface area contributed by atoms with E-state index in [2.05, 4.69) is 10.4 Å². The molecule has 4 aliphatic rings. The quantitative estimate of drug-likeness (QED) is 0.554. The number of hydrogen-bond donors (Lipinski definition) is 2. The van der Waals surface area contributed by atoms with Crippen LogP contribution in [0.25, 0.3) is 16.8 Å². The lowest BCUT2D eigenvalue weighted by Gasteiger charge is -2.57. The topological polar surface area (TPSA) is 62.2 Å². The van der Waals surface area contributed by atoms with Crippen LogP contribution in [0.2, 0.25) is 10.0 Å². The molecule has 5 nitrogen and oxygen atoms in total. The number of fused-ring (bicyclic) bond motifs is 1. The average Bonchev–Trinajstić information content (AvgIpc) is 3.02. The van der Waals surface area contributed by atoms with Gasteiger partial charge in [0.05, 0.1) is 10.7 Å². The summed E-state index contributed by atoms with van der Waals surface area (Å²) in [7, 11) is 0. The van der Waals surface area contributed by atoms with Gasteiger partial charge in [-0.1, -0.05) is 29.3 Å². The first-order chi connectivity index (χ1) is 14.9. The second-order valence-corrected chi connectivity index (χ2v) is 10.9. The maximum absolute atomic E-state index is 12.9. The van der Waals surface area contributed by atoms with E-state index < -0.39 is 0 Å². The van der Waals surface area contributed by atoms with Gasteiger partial charge in [0.1, 0.15) is 0 Å². The first-order valence-electron chi connectivity index (χ1n) is 11.2. The summed E-state index contributed by atoms with van der Waals surface area (Å²) in [4.78, 5) is 17.8. The monoisotopic (exact) mass is 456 g/mol. The molecule has 4 fully saturated rings. The summed E-state index contributed by atoms with van der Waals surface area (Å²) in [5, 5.41) is 8.12. The van der Waals surface area contributed by atoms with Crippen LogP contribution in [-0.4, -0.2) is 20.1 Å². The minimum atomic E-state index is -0.105. The summed E-state index contributed by atoms with van der Waals surface area (Å²) in [6, 6.07) is 7.05. The van der Waals surface area contributed by atoms with Gasteiger partial charge in [0.15, 0.2) is 5.65 Å². The molecule has 0 unspecified atom stereocenters. The lowest BCUT2D eigenvalue weighted by Crippen LogP contribution is -2.58. The third-order valence-electron chi connectivity index (χ3n) is 7.73. The molecule has 0 radical (unpaired) electrons. The molecule has 162 valence electrons. The van der Waals surface area contributed by atoms with Crippen molar-refractivity contribution in [2.24, 2.45) is 17.8 Å². The van der Waals surface area contributed by atoms with Crippen LogP contribution in [-0.2, 0) is 6.54 Å². The van der Waals surface area contributed by atoms with Crippen molar-refractivity contribution in [1.82, 2.24) is 19.9 Å². The van der Waals surface area contributed by atoms with E-state index in [0.29, 0.717) is 22.2 Å². The van der Waals surface area contributed by atoms with E-state index in [1.807, 2.05) is 19.1 Å². The number of hydrogen-bond acceptors (Lipinski definition) is 3. The molecule has 2 aromatic heterocycles. The highest BCUT2D eigenvalue weighted by molar-refractivity contribution is 6.36. The zero-order chi connectivity index (χ0) is 21.3. The fraction of sp³-hybridized carbons (Fsp3) is 0.500. The number of H-pyrrole nitrogens is 1. The zero-order valence-corrected chi connectivity index (χ0v) is 19.1. The first kappa shape index (κ1) is 19.8. The molecule has 7 heteroatoms. The van der Waals surface area contributed by atoms with Crippen molar-refractivity contribution in [3.63, 3.8) is 0 Å². The van der Waals surface area contributed by atoms with Gasteiger partial charge >= 0.3 is 0 Å². The van der Waals surface area contributed by atoms with E-state index in [1.54, 1.807) is 12.1 Å². The predicted octanol–water partition coefficient (Wildman–Crippen LogP) is 5.36. The van der Waals surface area contributed by atoms with Crippen molar-refractivity contribution < 1.29 is 0 Å². The third-order valence-corrected chi connectivity index (χ3v) is 8.28. The number of aromatic amines is 1. The standard InChI is InChI=1S/C24H26Cl2N4O/c1-13-22(19-3-2-17(25)7-20(19)26)23-28-18(8-21(31)30(23)29-13)12-27-24-9-14-4-15(10-24)6-16(5-14)11-24/h2-3,7-8,14-16,27,29H,4-6,9-12H2,1H3. The number of nitrogens with one attached hydrogen (secondary N) is 2. The Hall–Kier alpha value is -1.82. The first-order valence-corrected chi connectivity index (χ1v) is 12.0. The summed E-state index contributed by atoms with van der Waals surface area (Å²) < 4.78 is 1.50. The van der Waals surface area contributed by atoms with Crippen LogP contribution in [0.3, 0.4) is 0 Å². The van der Waals surface area contributed by atoms with E-state index in [4.69, 9.17) is 28.2 Å². The Morgan fingerprint density at radius 1 is 1.13 bits per heavy atom. The average molecular weight is 457 g/mol. The highest BCUT2D eigenvalue weighted by Crippen LogP contribution is 2.55. The molecule has 7 rings (SSSR count). The van der Waals surface area contributed by atoms with Gasteiger partial charge in [0.25, 0.3) is 5.56 Å². The molecule has 2 heterocycles. The Morgan fingerprint density at radius 2 is 1.81 bits per heavy atom. The SMILES string of the molecule is Cc1[nH]n2c(=O)cc(CNC34CC5CC(CC(C5)C3)C4)nc2c1-c1ccc(Cl)cc1Cl. The van der Waals surface area contributed by atoms with Crippen molar-refractivity contribution in [1.29, 1.82) is 0 Å². The van der Waals surface area contributed by atoms with Gasteiger partial charge in [0.2, 0.25) is 0 Å². The lowest BCUT2D eigenvalue weighted by atomic mass is 9.53. The van der Waals surface area contributed by atoms with Crippen LogP contribution >= 0.6 is 23.2 Å². The van der Waals surface area contributed by atoms with Crippen molar-refractivity contribution in [2.45, 2.75) is 57.5 Å². The van der Waals surface area contributed by atoms with E-state index in [0.717, 1.165) is 40.3 Å². The molecule has 3 aromatic rings. The van der Waals surface area contributed by atoms with Gasteiger partial charge in [0, 0.05) is 40.0 Å². The van der Waals surface area contributed by atoms with Gasteiger partial charge in [-0.3, -0.25) is 9.89 Å². The molecular formula is C24H26Cl2N4O. The number of aryl methyl sites for hydroxylation is 1. The van der Waals surface area contributed by atoms with Crippen molar-refractivity contribution in [3.8, 4) is 11.1 Å². The maximum Gasteiger partial charge on any atom is 0.272 e. The Bertz CT molecular complexity index is 1210. The van der Waals surface area contributed by atoms with Gasteiger partial charge in [-0.25, -0.2) is 9.50 Å². The fourth-order valence-electron chi connectivity index (χ4n) is 6.91. The minimum Gasteiger partial charge on any atom is -0.306 e. The molecule has 1 aromatic carbocycles. The van der Waals surface area contributed by atoms with Crippen LogP contribution < -0.4 is 10.9 Å². The van der Waals surface area contributed by atoms with Crippen LogP contribution in [0.15, 0.2) is 29.1 Å². The number of halogens is 2. The molecule has 0 spiro atoms. The molecule has 0 amide bonds. The highest BCUT2D eigenvalue weighted by atomic mass is 35.5. The van der Waals surface area contributed by atoms with Gasteiger partial charge in [-0.15, -0.1) is 0 Å². The molecule has 4 aliphatic carbocycles. The Morgan fingerprint density at radius 3 is 2.45 bits per heavy atom. The molecule has 4 saturated carbocycles. The molecule has 2 N–H and O–H groups in total. The number of aromatic nitrogens is 3. The van der Waals surface area contributed by atoms with Gasteiger partial charge < -0.3 is 5.32 Å². The minimum absolute atomic E-state index is 0.105. The fourth-order valence-corrected chi connectivity index (χ4v) is 7.41. The Labute approximate surface area is 191 Å².